The van der Waals surface area contributed by atoms with Gasteiger partial charge in [0, 0.05) is 5.56 Å². The van der Waals surface area contributed by atoms with Gasteiger partial charge in [-0.2, -0.15) is 13.2 Å². The SMILES string of the molecule is COc1ccc(/C=C/C(=O)c2ccccc2OC)cc1COCC(F)(F)F. The maximum absolute atomic E-state index is 12.3. The first-order chi connectivity index (χ1) is 12.8. The number of hydrogen-bond acceptors (Lipinski definition) is 4. The summed E-state index contributed by atoms with van der Waals surface area (Å²) >= 11 is 0. The number of ether oxygens (including phenoxy) is 3. The Kier molecular flexibility index (Phi) is 7.01. The summed E-state index contributed by atoms with van der Waals surface area (Å²) < 4.78 is 51.7. The van der Waals surface area contributed by atoms with E-state index >= 15 is 0 Å². The quantitative estimate of drug-likeness (QED) is 0.493. The molecule has 0 atom stereocenters. The van der Waals surface area contributed by atoms with Crippen molar-refractivity contribution in [2.45, 2.75) is 12.8 Å². The first kappa shape index (κ1) is 20.5. The molecule has 2 aromatic rings. The van der Waals surface area contributed by atoms with Crippen LogP contribution < -0.4 is 9.47 Å². The van der Waals surface area contributed by atoms with Crippen LogP contribution in [0.15, 0.2) is 48.5 Å². The summed E-state index contributed by atoms with van der Waals surface area (Å²) in [6.07, 6.45) is -1.45. The van der Waals surface area contributed by atoms with Crippen molar-refractivity contribution in [2.75, 3.05) is 20.8 Å². The van der Waals surface area contributed by atoms with Crippen molar-refractivity contribution >= 4 is 11.9 Å². The third-order valence-corrected chi connectivity index (χ3v) is 3.63. The third kappa shape index (κ3) is 6.14. The molecular weight excluding hydrogens is 361 g/mol. The van der Waals surface area contributed by atoms with Gasteiger partial charge in [0.2, 0.25) is 0 Å². The molecule has 0 spiro atoms. The molecule has 144 valence electrons. The van der Waals surface area contributed by atoms with Gasteiger partial charge in [-0.05, 0) is 35.9 Å². The zero-order chi connectivity index (χ0) is 19.9. The van der Waals surface area contributed by atoms with Gasteiger partial charge in [-0.15, -0.1) is 0 Å². The standard InChI is InChI=1S/C20H19F3O4/c1-25-18-10-8-14(11-15(18)12-27-13-20(21,22)23)7-9-17(24)16-5-3-4-6-19(16)26-2/h3-11H,12-13H2,1-2H3/b9-7+. The summed E-state index contributed by atoms with van der Waals surface area (Å²) in [4.78, 5) is 12.3. The van der Waals surface area contributed by atoms with E-state index in [4.69, 9.17) is 14.2 Å². The highest BCUT2D eigenvalue weighted by molar-refractivity contribution is 6.08. The number of methoxy groups -OCH3 is 2. The van der Waals surface area contributed by atoms with Crippen LogP contribution in [0.3, 0.4) is 0 Å². The lowest BCUT2D eigenvalue weighted by atomic mass is 10.1. The lowest BCUT2D eigenvalue weighted by Crippen LogP contribution is -2.16. The summed E-state index contributed by atoms with van der Waals surface area (Å²) in [6.45, 7) is -1.60. The van der Waals surface area contributed by atoms with Crippen LogP contribution in [0.1, 0.15) is 21.5 Å². The first-order valence-corrected chi connectivity index (χ1v) is 8.01. The summed E-state index contributed by atoms with van der Waals surface area (Å²) in [6, 6.07) is 11.7. The van der Waals surface area contributed by atoms with E-state index in [2.05, 4.69) is 0 Å². The minimum absolute atomic E-state index is 0.252. The van der Waals surface area contributed by atoms with E-state index in [0.29, 0.717) is 28.2 Å². The van der Waals surface area contributed by atoms with Gasteiger partial charge in [-0.3, -0.25) is 4.79 Å². The van der Waals surface area contributed by atoms with Crippen molar-refractivity contribution in [3.05, 3.63) is 65.2 Å². The fourth-order valence-corrected chi connectivity index (χ4v) is 2.40. The Hall–Kier alpha value is -2.80. The van der Waals surface area contributed by atoms with Crippen molar-refractivity contribution in [2.24, 2.45) is 0 Å². The van der Waals surface area contributed by atoms with Crippen LogP contribution in [-0.2, 0) is 11.3 Å². The van der Waals surface area contributed by atoms with E-state index < -0.39 is 12.8 Å². The number of ketones is 1. The Balaban J connectivity index is 2.15. The number of carbonyl (C=O) groups is 1. The molecule has 0 fully saturated rings. The van der Waals surface area contributed by atoms with Gasteiger partial charge >= 0.3 is 6.18 Å². The molecule has 0 unspecified atom stereocenters. The highest BCUT2D eigenvalue weighted by Crippen LogP contribution is 2.24. The second-order valence-corrected chi connectivity index (χ2v) is 5.58. The highest BCUT2D eigenvalue weighted by atomic mass is 19.4. The maximum Gasteiger partial charge on any atom is 0.411 e. The molecule has 0 heterocycles. The van der Waals surface area contributed by atoms with Crippen LogP contribution in [0.4, 0.5) is 13.2 Å². The Bertz CT molecular complexity index is 813. The summed E-state index contributed by atoms with van der Waals surface area (Å²) in [7, 11) is 2.90. The summed E-state index contributed by atoms with van der Waals surface area (Å²) in [5.41, 5.74) is 1.50. The number of benzene rings is 2. The average molecular weight is 380 g/mol. The smallest absolute Gasteiger partial charge is 0.411 e. The molecule has 0 bridgehead atoms. The number of halogens is 3. The molecule has 27 heavy (non-hydrogen) atoms. The number of hydrogen-bond donors (Lipinski definition) is 0. The largest absolute Gasteiger partial charge is 0.496 e. The molecule has 0 aliphatic rings. The van der Waals surface area contributed by atoms with Gasteiger partial charge in [0.1, 0.15) is 18.1 Å². The van der Waals surface area contributed by atoms with Gasteiger partial charge in [0.05, 0.1) is 26.4 Å². The third-order valence-electron chi connectivity index (χ3n) is 3.63. The monoisotopic (exact) mass is 380 g/mol. The van der Waals surface area contributed by atoms with Crippen LogP contribution in [0, 0.1) is 0 Å². The van der Waals surface area contributed by atoms with Crippen LogP contribution in [0.5, 0.6) is 11.5 Å². The van der Waals surface area contributed by atoms with E-state index in [9.17, 15) is 18.0 Å². The summed E-state index contributed by atoms with van der Waals surface area (Å²) in [5, 5.41) is 0. The number of allylic oxidation sites excluding steroid dienone is 1. The molecule has 0 aliphatic carbocycles. The molecule has 4 nitrogen and oxygen atoms in total. The maximum atomic E-state index is 12.3. The molecule has 0 amide bonds. The Labute approximate surface area is 155 Å². The lowest BCUT2D eigenvalue weighted by molar-refractivity contribution is -0.176. The zero-order valence-electron chi connectivity index (χ0n) is 14.9. The molecule has 0 aromatic heterocycles. The minimum atomic E-state index is -4.40. The fraction of sp³-hybridized carbons (Fsp3) is 0.250. The minimum Gasteiger partial charge on any atom is -0.496 e. The number of carbonyl (C=O) groups excluding carboxylic acids is 1. The molecule has 0 saturated carbocycles. The molecule has 0 saturated heterocycles. The Morgan fingerprint density at radius 2 is 1.74 bits per heavy atom. The predicted molar refractivity (Wildman–Crippen MR) is 95.1 cm³/mol. The normalized spacial score (nSPS) is 11.6. The van der Waals surface area contributed by atoms with Crippen molar-refractivity contribution in [1.82, 2.24) is 0 Å². The molecule has 2 rings (SSSR count). The van der Waals surface area contributed by atoms with E-state index in [-0.39, 0.29) is 12.4 Å². The highest BCUT2D eigenvalue weighted by Gasteiger charge is 2.27. The van der Waals surface area contributed by atoms with Crippen LogP contribution in [0.2, 0.25) is 0 Å². The van der Waals surface area contributed by atoms with E-state index in [1.54, 1.807) is 48.5 Å². The van der Waals surface area contributed by atoms with Crippen molar-refractivity contribution in [3.8, 4) is 11.5 Å². The number of rotatable bonds is 8. The molecule has 0 N–H and O–H groups in total. The second kappa shape index (κ2) is 9.23. The van der Waals surface area contributed by atoms with Gasteiger partial charge in [0.15, 0.2) is 5.78 Å². The van der Waals surface area contributed by atoms with E-state index in [1.165, 1.54) is 20.3 Å². The van der Waals surface area contributed by atoms with E-state index in [1.807, 2.05) is 0 Å². The van der Waals surface area contributed by atoms with Crippen LogP contribution in [-0.4, -0.2) is 32.8 Å². The second-order valence-electron chi connectivity index (χ2n) is 5.58. The summed E-state index contributed by atoms with van der Waals surface area (Å²) in [5.74, 6) is 0.617. The molecule has 0 radical (unpaired) electrons. The molecular formula is C20H19F3O4. The van der Waals surface area contributed by atoms with Crippen molar-refractivity contribution in [1.29, 1.82) is 0 Å². The van der Waals surface area contributed by atoms with Crippen molar-refractivity contribution in [3.63, 3.8) is 0 Å². The molecule has 0 aliphatic heterocycles. The molecule has 2 aromatic carbocycles. The first-order valence-electron chi connectivity index (χ1n) is 8.01. The predicted octanol–water partition coefficient (Wildman–Crippen LogP) is 4.68. The van der Waals surface area contributed by atoms with Gasteiger partial charge in [0.25, 0.3) is 0 Å². The van der Waals surface area contributed by atoms with Gasteiger partial charge < -0.3 is 14.2 Å². The molecule has 7 heteroatoms. The average Bonchev–Trinajstić information content (AvgIpc) is 2.65. The topological polar surface area (TPSA) is 44.8 Å². The van der Waals surface area contributed by atoms with Crippen molar-refractivity contribution < 1.29 is 32.2 Å². The number of para-hydroxylation sites is 1. The Morgan fingerprint density at radius 1 is 1.04 bits per heavy atom. The van der Waals surface area contributed by atoms with Crippen LogP contribution in [0.25, 0.3) is 6.08 Å². The van der Waals surface area contributed by atoms with Gasteiger partial charge in [-0.25, -0.2) is 0 Å². The van der Waals surface area contributed by atoms with Crippen LogP contribution >= 0.6 is 0 Å². The fourth-order valence-electron chi connectivity index (χ4n) is 2.40. The number of alkyl halides is 3. The van der Waals surface area contributed by atoms with Gasteiger partial charge in [-0.1, -0.05) is 24.3 Å². The Morgan fingerprint density at radius 3 is 2.41 bits per heavy atom. The lowest BCUT2D eigenvalue weighted by Gasteiger charge is -2.11. The van der Waals surface area contributed by atoms with E-state index in [0.717, 1.165) is 0 Å². The zero-order valence-corrected chi connectivity index (χ0v) is 14.9.